The molecule has 110 valence electrons. The molecule has 0 aliphatic rings. The smallest absolute Gasteiger partial charge is 0.320 e. The Hall–Kier alpha value is -2.13. The van der Waals surface area contributed by atoms with E-state index in [2.05, 4.69) is 29.6 Å². The molecule has 1 atom stereocenters. The van der Waals surface area contributed by atoms with E-state index in [-0.39, 0.29) is 5.92 Å². The van der Waals surface area contributed by atoms with E-state index in [9.17, 15) is 4.79 Å². The number of carboxylic acid groups (broad SMARTS) is 1. The molecule has 1 unspecified atom stereocenters. The van der Waals surface area contributed by atoms with Crippen molar-refractivity contribution in [2.24, 2.45) is 0 Å². The van der Waals surface area contributed by atoms with Crippen LogP contribution in [0.25, 0.3) is 0 Å². The maximum absolute atomic E-state index is 11.2. The van der Waals surface area contributed by atoms with E-state index in [4.69, 9.17) is 5.11 Å². The van der Waals surface area contributed by atoms with Gasteiger partial charge in [0.1, 0.15) is 6.04 Å². The number of carboxylic acids is 1. The average molecular weight is 283 g/mol. The Bertz CT molecular complexity index is 514. The summed E-state index contributed by atoms with van der Waals surface area (Å²) in [5.41, 5.74) is 2.38. The quantitative estimate of drug-likeness (QED) is 0.820. The van der Waals surface area contributed by atoms with Gasteiger partial charge in [-0.25, -0.2) is 0 Å². The average Bonchev–Trinajstić information content (AvgIpc) is 2.53. The molecule has 0 aliphatic heterocycles. The van der Waals surface area contributed by atoms with E-state index < -0.39 is 12.0 Å². The second-order valence-electron chi connectivity index (χ2n) is 5.08. The molecule has 21 heavy (non-hydrogen) atoms. The molecule has 2 N–H and O–H groups in total. The van der Waals surface area contributed by atoms with Crippen LogP contribution in [-0.4, -0.2) is 23.7 Å². The molecule has 2 aromatic carbocycles. The molecule has 0 radical (unpaired) electrons. The fourth-order valence-corrected chi connectivity index (χ4v) is 2.47. The fourth-order valence-electron chi connectivity index (χ4n) is 2.47. The van der Waals surface area contributed by atoms with Crippen LogP contribution in [-0.2, 0) is 4.79 Å². The first kappa shape index (κ1) is 15.3. The van der Waals surface area contributed by atoms with Crippen molar-refractivity contribution in [3.63, 3.8) is 0 Å². The second-order valence-corrected chi connectivity index (χ2v) is 5.08. The zero-order chi connectivity index (χ0) is 15.1. The van der Waals surface area contributed by atoms with Crippen LogP contribution in [0, 0.1) is 0 Å². The Morgan fingerprint density at radius 1 is 1.00 bits per heavy atom. The zero-order valence-electron chi connectivity index (χ0n) is 12.2. The van der Waals surface area contributed by atoms with E-state index in [1.807, 2.05) is 43.3 Å². The third-order valence-corrected chi connectivity index (χ3v) is 3.68. The van der Waals surface area contributed by atoms with E-state index in [1.54, 1.807) is 0 Å². The number of hydrogen-bond acceptors (Lipinski definition) is 2. The van der Waals surface area contributed by atoms with Crippen molar-refractivity contribution in [1.29, 1.82) is 0 Å². The zero-order valence-corrected chi connectivity index (χ0v) is 12.2. The van der Waals surface area contributed by atoms with Crippen molar-refractivity contribution >= 4 is 5.97 Å². The summed E-state index contributed by atoms with van der Waals surface area (Å²) < 4.78 is 0. The molecule has 0 amide bonds. The SMILES string of the molecule is CCC(NCC(c1ccccc1)c1ccccc1)C(=O)O. The third-order valence-electron chi connectivity index (χ3n) is 3.68. The monoisotopic (exact) mass is 283 g/mol. The van der Waals surface area contributed by atoms with Crippen LogP contribution in [0.15, 0.2) is 60.7 Å². The van der Waals surface area contributed by atoms with Gasteiger partial charge in [-0.15, -0.1) is 0 Å². The van der Waals surface area contributed by atoms with Gasteiger partial charge in [0.05, 0.1) is 0 Å². The van der Waals surface area contributed by atoms with Crippen molar-refractivity contribution in [1.82, 2.24) is 5.32 Å². The topological polar surface area (TPSA) is 49.3 Å². The van der Waals surface area contributed by atoms with Crippen LogP contribution in [0.2, 0.25) is 0 Å². The molecule has 0 fully saturated rings. The van der Waals surface area contributed by atoms with Crippen molar-refractivity contribution in [2.75, 3.05) is 6.54 Å². The van der Waals surface area contributed by atoms with E-state index in [1.165, 1.54) is 11.1 Å². The van der Waals surface area contributed by atoms with E-state index >= 15 is 0 Å². The van der Waals surface area contributed by atoms with Gasteiger partial charge in [0.2, 0.25) is 0 Å². The Kier molecular flexibility index (Phi) is 5.52. The van der Waals surface area contributed by atoms with Crippen molar-refractivity contribution < 1.29 is 9.90 Å². The lowest BCUT2D eigenvalue weighted by Gasteiger charge is -2.21. The van der Waals surface area contributed by atoms with E-state index in [0.29, 0.717) is 13.0 Å². The van der Waals surface area contributed by atoms with Gasteiger partial charge in [0.15, 0.2) is 0 Å². The molecule has 0 saturated heterocycles. The van der Waals surface area contributed by atoms with Crippen molar-refractivity contribution in [3.05, 3.63) is 71.8 Å². The number of benzene rings is 2. The maximum Gasteiger partial charge on any atom is 0.320 e. The summed E-state index contributed by atoms with van der Waals surface area (Å²) in [6, 6.07) is 19.9. The summed E-state index contributed by atoms with van der Waals surface area (Å²) in [5, 5.41) is 12.3. The molecular weight excluding hydrogens is 262 g/mol. The lowest BCUT2D eigenvalue weighted by Crippen LogP contribution is -2.38. The highest BCUT2D eigenvalue weighted by molar-refractivity contribution is 5.73. The highest BCUT2D eigenvalue weighted by atomic mass is 16.4. The molecule has 3 heteroatoms. The molecule has 0 aromatic heterocycles. The minimum Gasteiger partial charge on any atom is -0.480 e. The standard InChI is InChI=1S/C18H21NO2/c1-2-17(18(20)21)19-13-16(14-9-5-3-6-10-14)15-11-7-4-8-12-15/h3-12,16-17,19H,2,13H2,1H3,(H,20,21). The summed E-state index contributed by atoms with van der Waals surface area (Å²) in [6.45, 7) is 2.49. The number of carbonyl (C=O) groups is 1. The Labute approximate surface area is 125 Å². The van der Waals surface area contributed by atoms with Gasteiger partial charge in [0.25, 0.3) is 0 Å². The summed E-state index contributed by atoms with van der Waals surface area (Å²) >= 11 is 0. The van der Waals surface area contributed by atoms with Gasteiger partial charge in [-0.05, 0) is 17.5 Å². The van der Waals surface area contributed by atoms with Gasteiger partial charge in [0, 0.05) is 12.5 Å². The molecular formula is C18H21NO2. The van der Waals surface area contributed by atoms with E-state index in [0.717, 1.165) is 0 Å². The number of nitrogens with one attached hydrogen (secondary N) is 1. The first-order chi connectivity index (χ1) is 10.2. The normalized spacial score (nSPS) is 12.3. The van der Waals surface area contributed by atoms with Gasteiger partial charge < -0.3 is 10.4 Å². The van der Waals surface area contributed by atoms with Crippen molar-refractivity contribution in [3.8, 4) is 0 Å². The molecule has 2 aromatic rings. The van der Waals surface area contributed by atoms with Crippen molar-refractivity contribution in [2.45, 2.75) is 25.3 Å². The summed E-state index contributed by atoms with van der Waals surface area (Å²) in [7, 11) is 0. The molecule has 0 spiro atoms. The predicted molar refractivity (Wildman–Crippen MR) is 84.4 cm³/mol. The molecule has 0 heterocycles. The first-order valence-electron chi connectivity index (χ1n) is 7.28. The van der Waals surface area contributed by atoms with Gasteiger partial charge in [-0.1, -0.05) is 67.6 Å². The summed E-state index contributed by atoms with van der Waals surface area (Å²) in [4.78, 5) is 11.2. The number of rotatable bonds is 7. The van der Waals surface area contributed by atoms with Crippen LogP contribution in [0.1, 0.15) is 30.4 Å². The Morgan fingerprint density at radius 2 is 1.48 bits per heavy atom. The molecule has 2 rings (SSSR count). The highest BCUT2D eigenvalue weighted by Crippen LogP contribution is 2.23. The molecule has 3 nitrogen and oxygen atoms in total. The van der Waals surface area contributed by atoms with Crippen LogP contribution < -0.4 is 5.32 Å². The number of hydrogen-bond donors (Lipinski definition) is 2. The predicted octanol–water partition coefficient (Wildman–Crippen LogP) is 3.27. The molecule has 0 aliphatic carbocycles. The van der Waals surface area contributed by atoms with Crippen LogP contribution in [0.3, 0.4) is 0 Å². The Balaban J connectivity index is 2.19. The Morgan fingerprint density at radius 3 is 1.86 bits per heavy atom. The lowest BCUT2D eigenvalue weighted by molar-refractivity contribution is -0.139. The molecule has 0 saturated carbocycles. The first-order valence-corrected chi connectivity index (χ1v) is 7.28. The van der Waals surface area contributed by atoms with Crippen LogP contribution in [0.4, 0.5) is 0 Å². The summed E-state index contributed by atoms with van der Waals surface area (Å²) in [5.74, 6) is -0.641. The molecule has 0 bridgehead atoms. The van der Waals surface area contributed by atoms with Gasteiger partial charge in [-0.3, -0.25) is 4.79 Å². The van der Waals surface area contributed by atoms with Gasteiger partial charge in [-0.2, -0.15) is 0 Å². The lowest BCUT2D eigenvalue weighted by atomic mass is 9.91. The van der Waals surface area contributed by atoms with Crippen LogP contribution in [0.5, 0.6) is 0 Å². The maximum atomic E-state index is 11.2. The number of aliphatic carboxylic acids is 1. The van der Waals surface area contributed by atoms with Crippen LogP contribution >= 0.6 is 0 Å². The minimum atomic E-state index is -0.794. The highest BCUT2D eigenvalue weighted by Gasteiger charge is 2.19. The minimum absolute atomic E-state index is 0.154. The third kappa shape index (κ3) is 4.17. The fraction of sp³-hybridized carbons (Fsp3) is 0.278. The largest absolute Gasteiger partial charge is 0.480 e. The second kappa shape index (κ2) is 7.60. The summed E-state index contributed by atoms with van der Waals surface area (Å²) in [6.07, 6.45) is 0.575. The van der Waals surface area contributed by atoms with Gasteiger partial charge >= 0.3 is 5.97 Å².